The van der Waals surface area contributed by atoms with E-state index < -0.39 is 27.1 Å². The van der Waals surface area contributed by atoms with Crippen molar-refractivity contribution in [3.8, 4) is 0 Å². The fourth-order valence-electron chi connectivity index (χ4n) is 4.82. The van der Waals surface area contributed by atoms with Gasteiger partial charge in [-0.3, -0.25) is 9.59 Å². The van der Waals surface area contributed by atoms with E-state index in [1.807, 2.05) is 37.3 Å². The van der Waals surface area contributed by atoms with Gasteiger partial charge in [0.2, 0.25) is 15.5 Å². The number of rotatable bonds is 6. The van der Waals surface area contributed by atoms with Crippen LogP contribution in [0.3, 0.4) is 0 Å². The molecule has 2 aliphatic rings. The third-order valence-corrected chi connectivity index (χ3v) is 8.80. The van der Waals surface area contributed by atoms with Crippen molar-refractivity contribution in [3.05, 3.63) is 76.1 Å². The number of aromatic nitrogens is 1. The first-order valence-corrected chi connectivity index (χ1v) is 13.5. The van der Waals surface area contributed by atoms with E-state index in [0.717, 1.165) is 5.56 Å². The molecule has 1 N–H and O–H groups in total. The highest BCUT2D eigenvalue weighted by Crippen LogP contribution is 2.33. The molecule has 3 heterocycles. The summed E-state index contributed by atoms with van der Waals surface area (Å²) >= 11 is 0. The molecule has 190 valence electrons. The summed E-state index contributed by atoms with van der Waals surface area (Å²) in [4.78, 5) is 31.2. The van der Waals surface area contributed by atoms with E-state index >= 15 is 0 Å². The zero-order valence-corrected chi connectivity index (χ0v) is 20.9. The lowest BCUT2D eigenvalue weighted by atomic mass is 10.1. The minimum Gasteiger partial charge on any atom is -0.360 e. The van der Waals surface area contributed by atoms with Gasteiger partial charge in [-0.25, -0.2) is 8.42 Å². The van der Waals surface area contributed by atoms with E-state index in [2.05, 4.69) is 4.98 Å². The molecule has 0 unspecified atom stereocenters. The molecule has 3 aromatic rings. The van der Waals surface area contributed by atoms with Crippen LogP contribution >= 0.6 is 0 Å². The molecule has 2 aliphatic heterocycles. The third-order valence-electron chi connectivity index (χ3n) is 6.90. The van der Waals surface area contributed by atoms with Gasteiger partial charge in [-0.1, -0.05) is 30.3 Å². The van der Waals surface area contributed by atoms with Crippen molar-refractivity contribution in [2.24, 2.45) is 0 Å². The number of ether oxygens (including phenoxy) is 2. The van der Waals surface area contributed by atoms with Crippen molar-refractivity contribution >= 4 is 26.8 Å². The Morgan fingerprint density at radius 2 is 1.78 bits per heavy atom. The van der Waals surface area contributed by atoms with Crippen LogP contribution in [-0.4, -0.2) is 67.1 Å². The molecule has 0 saturated carbocycles. The number of amides is 1. The van der Waals surface area contributed by atoms with E-state index in [9.17, 15) is 18.0 Å². The zero-order chi connectivity index (χ0) is 25.3. The van der Waals surface area contributed by atoms with Crippen LogP contribution in [0.5, 0.6) is 0 Å². The Hall–Kier alpha value is -3.05. The predicted octanol–water partition coefficient (Wildman–Crippen LogP) is 2.72. The van der Waals surface area contributed by atoms with Crippen LogP contribution in [0.25, 0.3) is 10.9 Å². The number of carbonyl (C=O) groups excluding carboxylic acids is 1. The van der Waals surface area contributed by atoms with Crippen molar-refractivity contribution in [2.45, 2.75) is 37.0 Å². The fourth-order valence-corrected chi connectivity index (χ4v) is 6.29. The van der Waals surface area contributed by atoms with Crippen LogP contribution in [0.15, 0.2) is 64.4 Å². The summed E-state index contributed by atoms with van der Waals surface area (Å²) in [6.07, 6.45) is 2.31. The Morgan fingerprint density at radius 3 is 2.44 bits per heavy atom. The maximum Gasteiger partial charge on any atom is 0.259 e. The number of fused-ring (bicyclic) bond motifs is 1. The molecule has 0 radical (unpaired) electrons. The molecule has 36 heavy (non-hydrogen) atoms. The Bertz CT molecular complexity index is 1420. The van der Waals surface area contributed by atoms with E-state index in [1.54, 1.807) is 11.0 Å². The molecule has 9 nitrogen and oxygen atoms in total. The van der Waals surface area contributed by atoms with Gasteiger partial charge in [-0.15, -0.1) is 0 Å². The van der Waals surface area contributed by atoms with E-state index in [4.69, 9.17) is 9.47 Å². The Balaban J connectivity index is 1.42. The highest BCUT2D eigenvalue weighted by Gasteiger charge is 2.42. The zero-order valence-electron chi connectivity index (χ0n) is 20.1. The summed E-state index contributed by atoms with van der Waals surface area (Å²) in [7, 11) is -3.84. The Labute approximate surface area is 209 Å². The standard InChI is InChI=1S/C26H29N3O6S/c1-2-28(18-19-6-4-3-5-7-19)25(31)22-17-27-23-9-8-20(16-21(23)24(22)30)36(32,33)29-12-10-26(11-13-29)34-14-15-35-26/h3-9,16-17H,2,10-15,18H2,1H3,(H,27,30). The molecular formula is C26H29N3O6S. The summed E-state index contributed by atoms with van der Waals surface area (Å²) < 4.78 is 39.5. The molecule has 0 bridgehead atoms. The first-order chi connectivity index (χ1) is 17.3. The van der Waals surface area contributed by atoms with Crippen molar-refractivity contribution < 1.29 is 22.7 Å². The average molecular weight is 512 g/mol. The van der Waals surface area contributed by atoms with Crippen molar-refractivity contribution in [3.63, 3.8) is 0 Å². The second-order valence-electron chi connectivity index (χ2n) is 9.06. The van der Waals surface area contributed by atoms with Crippen LogP contribution in [-0.2, 0) is 26.0 Å². The number of carbonyl (C=O) groups is 1. The van der Waals surface area contributed by atoms with Crippen LogP contribution in [0, 0.1) is 0 Å². The first-order valence-electron chi connectivity index (χ1n) is 12.1. The van der Waals surface area contributed by atoms with Gasteiger partial charge >= 0.3 is 0 Å². The number of pyridine rings is 1. The van der Waals surface area contributed by atoms with Gasteiger partial charge in [0.05, 0.1) is 18.1 Å². The van der Waals surface area contributed by atoms with E-state index in [-0.39, 0.29) is 28.9 Å². The van der Waals surface area contributed by atoms with Crippen LogP contribution in [0.1, 0.15) is 35.7 Å². The molecule has 1 spiro atoms. The maximum absolute atomic E-state index is 13.4. The first kappa shape index (κ1) is 24.6. The van der Waals surface area contributed by atoms with Gasteiger partial charge in [0.25, 0.3) is 5.91 Å². The van der Waals surface area contributed by atoms with E-state index in [0.29, 0.717) is 44.7 Å². The highest BCUT2D eigenvalue weighted by atomic mass is 32.2. The van der Waals surface area contributed by atoms with Crippen molar-refractivity contribution in [1.29, 1.82) is 0 Å². The Morgan fingerprint density at radius 1 is 1.08 bits per heavy atom. The van der Waals surface area contributed by atoms with Crippen molar-refractivity contribution in [1.82, 2.24) is 14.2 Å². The quantitative estimate of drug-likeness (QED) is 0.545. The minimum absolute atomic E-state index is 0.0194. The molecule has 2 aromatic carbocycles. The molecule has 5 rings (SSSR count). The predicted molar refractivity (Wildman–Crippen MR) is 134 cm³/mol. The summed E-state index contributed by atoms with van der Waals surface area (Å²) in [5.74, 6) is -1.09. The second kappa shape index (κ2) is 9.78. The highest BCUT2D eigenvalue weighted by molar-refractivity contribution is 7.89. The molecule has 1 amide bonds. The summed E-state index contributed by atoms with van der Waals surface area (Å²) in [6, 6.07) is 13.9. The topological polar surface area (TPSA) is 109 Å². The maximum atomic E-state index is 13.4. The number of hydrogen-bond acceptors (Lipinski definition) is 6. The number of aromatic amines is 1. The normalized spacial score (nSPS) is 18.0. The average Bonchev–Trinajstić information content (AvgIpc) is 3.35. The lowest BCUT2D eigenvalue weighted by Crippen LogP contribution is -2.47. The number of nitrogens with zero attached hydrogens (tertiary/aromatic N) is 2. The van der Waals surface area contributed by atoms with Gasteiger partial charge in [-0.05, 0) is 30.7 Å². The number of nitrogens with one attached hydrogen (secondary N) is 1. The van der Waals surface area contributed by atoms with Crippen LogP contribution in [0.2, 0.25) is 0 Å². The van der Waals surface area contributed by atoms with Crippen LogP contribution in [0.4, 0.5) is 0 Å². The number of H-pyrrole nitrogens is 1. The van der Waals surface area contributed by atoms with Crippen LogP contribution < -0.4 is 5.43 Å². The number of piperidine rings is 1. The molecule has 10 heteroatoms. The number of hydrogen-bond donors (Lipinski definition) is 1. The monoisotopic (exact) mass is 511 g/mol. The lowest BCUT2D eigenvalue weighted by molar-refractivity contribution is -0.179. The lowest BCUT2D eigenvalue weighted by Gasteiger charge is -2.36. The van der Waals surface area contributed by atoms with Gasteiger partial charge in [-0.2, -0.15) is 4.31 Å². The molecule has 0 aliphatic carbocycles. The summed E-state index contributed by atoms with van der Waals surface area (Å²) in [5, 5.41) is 0.161. The molecular weight excluding hydrogens is 482 g/mol. The molecule has 2 saturated heterocycles. The summed E-state index contributed by atoms with van der Waals surface area (Å²) in [5.41, 5.74) is 0.898. The Kier molecular flexibility index (Phi) is 6.69. The number of sulfonamides is 1. The van der Waals surface area contributed by atoms with Crippen molar-refractivity contribution in [2.75, 3.05) is 32.8 Å². The fraction of sp³-hybridized carbons (Fsp3) is 0.385. The van der Waals surface area contributed by atoms with E-state index in [1.165, 1.54) is 22.6 Å². The van der Waals surface area contributed by atoms with Gasteiger partial charge in [0.15, 0.2) is 5.79 Å². The third kappa shape index (κ3) is 4.57. The smallest absolute Gasteiger partial charge is 0.259 e. The molecule has 2 fully saturated rings. The van der Waals surface area contributed by atoms with Gasteiger partial charge in [0, 0.05) is 56.1 Å². The molecule has 0 atom stereocenters. The summed E-state index contributed by atoms with van der Waals surface area (Å²) in [6.45, 7) is 4.20. The largest absolute Gasteiger partial charge is 0.360 e. The minimum atomic E-state index is -3.84. The van der Waals surface area contributed by atoms with Gasteiger partial charge < -0.3 is 19.4 Å². The molecule has 1 aromatic heterocycles. The number of benzene rings is 2. The second-order valence-corrected chi connectivity index (χ2v) is 11.0. The van der Waals surface area contributed by atoms with Gasteiger partial charge in [0.1, 0.15) is 5.56 Å². The SMILES string of the molecule is CCN(Cc1ccccc1)C(=O)c1c[nH]c2ccc(S(=O)(=O)N3CCC4(CC3)OCCO4)cc2c1=O.